The minimum atomic E-state index is -0.539. The lowest BCUT2D eigenvalue weighted by Crippen LogP contribution is -2.51. The van der Waals surface area contributed by atoms with Gasteiger partial charge in [0.25, 0.3) is 5.91 Å². The van der Waals surface area contributed by atoms with Crippen LogP contribution >= 0.6 is 15.9 Å². The van der Waals surface area contributed by atoms with E-state index in [4.69, 9.17) is 0 Å². The highest BCUT2D eigenvalue weighted by atomic mass is 79.9. The van der Waals surface area contributed by atoms with Crippen molar-refractivity contribution in [2.45, 2.75) is 13.8 Å². The summed E-state index contributed by atoms with van der Waals surface area (Å²) in [7, 11) is 0. The third kappa shape index (κ3) is 3.43. The molecule has 1 heterocycles. The molecule has 1 saturated heterocycles. The number of hydrogen-bond donors (Lipinski definition) is 0. The molecule has 0 N–H and O–H groups in total. The minimum Gasteiger partial charge on any atom is -0.339 e. The second-order valence-electron chi connectivity index (χ2n) is 5.37. The Morgan fingerprint density at radius 2 is 1.71 bits per heavy atom. The van der Waals surface area contributed by atoms with E-state index in [2.05, 4.69) is 15.9 Å². The fourth-order valence-corrected chi connectivity index (χ4v) is 2.70. The van der Waals surface area contributed by atoms with Gasteiger partial charge in [-0.1, -0.05) is 19.9 Å². The predicted octanol–water partition coefficient (Wildman–Crippen LogP) is 2.53. The number of hydrogen-bond acceptors (Lipinski definition) is 2. The van der Waals surface area contributed by atoms with Crippen LogP contribution in [0.5, 0.6) is 0 Å². The Morgan fingerprint density at radius 3 is 2.29 bits per heavy atom. The maximum atomic E-state index is 14.0. The van der Waals surface area contributed by atoms with Crippen LogP contribution in [-0.4, -0.2) is 47.8 Å². The van der Waals surface area contributed by atoms with Gasteiger partial charge in [-0.25, -0.2) is 4.39 Å². The lowest BCUT2D eigenvalue weighted by molar-refractivity contribution is -0.135. The fraction of sp³-hybridized carbons (Fsp3) is 0.467. The van der Waals surface area contributed by atoms with Crippen molar-refractivity contribution in [3.63, 3.8) is 0 Å². The van der Waals surface area contributed by atoms with Crippen LogP contribution in [-0.2, 0) is 4.79 Å². The van der Waals surface area contributed by atoms with Crippen LogP contribution < -0.4 is 0 Å². The van der Waals surface area contributed by atoms with Gasteiger partial charge in [-0.2, -0.15) is 0 Å². The number of halogens is 2. The van der Waals surface area contributed by atoms with E-state index < -0.39 is 5.82 Å². The molecule has 0 aromatic heterocycles. The molecule has 0 unspecified atom stereocenters. The molecule has 1 fully saturated rings. The molecular formula is C15H18BrFN2O2. The van der Waals surface area contributed by atoms with E-state index in [1.54, 1.807) is 21.9 Å². The molecule has 6 heteroatoms. The molecular weight excluding hydrogens is 339 g/mol. The van der Waals surface area contributed by atoms with Gasteiger partial charge in [0.15, 0.2) is 0 Å². The van der Waals surface area contributed by atoms with Crippen LogP contribution in [0.2, 0.25) is 0 Å². The summed E-state index contributed by atoms with van der Waals surface area (Å²) in [4.78, 5) is 27.6. The highest BCUT2D eigenvalue weighted by Gasteiger charge is 2.27. The Morgan fingerprint density at radius 1 is 1.14 bits per heavy atom. The topological polar surface area (TPSA) is 40.6 Å². The number of rotatable bonds is 2. The Labute approximate surface area is 132 Å². The molecule has 0 saturated carbocycles. The van der Waals surface area contributed by atoms with Gasteiger partial charge >= 0.3 is 0 Å². The van der Waals surface area contributed by atoms with Crippen molar-refractivity contribution < 1.29 is 14.0 Å². The summed E-state index contributed by atoms with van der Waals surface area (Å²) >= 11 is 3.08. The monoisotopic (exact) mass is 356 g/mol. The van der Waals surface area contributed by atoms with Crippen molar-refractivity contribution in [1.82, 2.24) is 9.80 Å². The van der Waals surface area contributed by atoms with Gasteiger partial charge in [0.05, 0.1) is 10.0 Å². The van der Waals surface area contributed by atoms with Crippen molar-refractivity contribution in [3.8, 4) is 0 Å². The number of benzene rings is 1. The lowest BCUT2D eigenvalue weighted by Gasteiger charge is -2.35. The van der Waals surface area contributed by atoms with Crippen molar-refractivity contribution >= 4 is 27.7 Å². The van der Waals surface area contributed by atoms with E-state index in [0.717, 1.165) is 0 Å². The van der Waals surface area contributed by atoms with E-state index in [9.17, 15) is 14.0 Å². The van der Waals surface area contributed by atoms with Crippen LogP contribution in [0.25, 0.3) is 0 Å². The summed E-state index contributed by atoms with van der Waals surface area (Å²) < 4.78 is 14.2. The van der Waals surface area contributed by atoms with Crippen molar-refractivity contribution in [3.05, 3.63) is 34.1 Å². The summed E-state index contributed by atoms with van der Waals surface area (Å²) in [5.41, 5.74) is 0.0630. The van der Waals surface area contributed by atoms with Gasteiger partial charge in [-0.15, -0.1) is 0 Å². The average Bonchev–Trinajstić information content (AvgIpc) is 2.48. The summed E-state index contributed by atoms with van der Waals surface area (Å²) in [6.07, 6.45) is 0. The standard InChI is InChI=1S/C15H18BrFN2O2/c1-10(2)14(20)18-6-8-19(9-7-18)15(21)11-4-3-5-12(16)13(11)17/h3-5,10H,6-9H2,1-2H3. The smallest absolute Gasteiger partial charge is 0.256 e. The molecule has 1 aromatic carbocycles. The second kappa shape index (κ2) is 6.56. The largest absolute Gasteiger partial charge is 0.339 e. The van der Waals surface area contributed by atoms with Gasteiger partial charge in [0.1, 0.15) is 5.82 Å². The molecule has 2 amide bonds. The molecule has 21 heavy (non-hydrogen) atoms. The molecule has 0 aliphatic carbocycles. The highest BCUT2D eigenvalue weighted by Crippen LogP contribution is 2.20. The van der Waals surface area contributed by atoms with Gasteiger partial charge in [-0.3, -0.25) is 9.59 Å². The van der Waals surface area contributed by atoms with E-state index in [1.807, 2.05) is 13.8 Å². The van der Waals surface area contributed by atoms with E-state index in [-0.39, 0.29) is 27.8 Å². The van der Waals surface area contributed by atoms with Gasteiger partial charge in [0.2, 0.25) is 5.91 Å². The van der Waals surface area contributed by atoms with Crippen molar-refractivity contribution in [2.75, 3.05) is 26.2 Å². The van der Waals surface area contributed by atoms with E-state index >= 15 is 0 Å². The number of amides is 2. The SMILES string of the molecule is CC(C)C(=O)N1CCN(C(=O)c2cccc(Br)c2F)CC1. The van der Waals surface area contributed by atoms with Crippen LogP contribution in [0.4, 0.5) is 4.39 Å². The third-order valence-electron chi connectivity index (χ3n) is 3.55. The summed E-state index contributed by atoms with van der Waals surface area (Å²) in [6.45, 7) is 5.58. The maximum Gasteiger partial charge on any atom is 0.256 e. The fourth-order valence-electron chi connectivity index (χ4n) is 2.33. The predicted molar refractivity (Wildman–Crippen MR) is 81.4 cm³/mol. The quantitative estimate of drug-likeness (QED) is 0.816. The molecule has 4 nitrogen and oxygen atoms in total. The first-order valence-electron chi connectivity index (χ1n) is 6.94. The van der Waals surface area contributed by atoms with E-state index in [0.29, 0.717) is 26.2 Å². The molecule has 2 rings (SSSR count). The second-order valence-corrected chi connectivity index (χ2v) is 6.23. The zero-order valence-corrected chi connectivity index (χ0v) is 13.7. The molecule has 0 atom stereocenters. The maximum absolute atomic E-state index is 14.0. The average molecular weight is 357 g/mol. The zero-order chi connectivity index (χ0) is 15.6. The van der Waals surface area contributed by atoms with Crippen molar-refractivity contribution in [1.29, 1.82) is 0 Å². The Bertz CT molecular complexity index is 555. The Kier molecular flexibility index (Phi) is 4.98. The normalized spacial score (nSPS) is 15.5. The zero-order valence-electron chi connectivity index (χ0n) is 12.1. The Hall–Kier alpha value is -1.43. The van der Waals surface area contributed by atoms with Crippen molar-refractivity contribution in [2.24, 2.45) is 5.92 Å². The number of nitrogens with zero attached hydrogens (tertiary/aromatic N) is 2. The van der Waals surface area contributed by atoms with Crippen LogP contribution in [0.1, 0.15) is 24.2 Å². The van der Waals surface area contributed by atoms with E-state index in [1.165, 1.54) is 6.07 Å². The number of carbonyl (C=O) groups is 2. The van der Waals surface area contributed by atoms with Crippen LogP contribution in [0, 0.1) is 11.7 Å². The molecule has 114 valence electrons. The van der Waals surface area contributed by atoms with Gasteiger partial charge < -0.3 is 9.80 Å². The first-order valence-corrected chi connectivity index (χ1v) is 7.73. The first kappa shape index (κ1) is 15.9. The lowest BCUT2D eigenvalue weighted by atomic mass is 10.1. The molecule has 0 bridgehead atoms. The van der Waals surface area contributed by atoms with Crippen LogP contribution in [0.15, 0.2) is 22.7 Å². The molecule has 1 aliphatic heterocycles. The third-order valence-corrected chi connectivity index (χ3v) is 4.17. The molecule has 1 aromatic rings. The number of carbonyl (C=O) groups excluding carboxylic acids is 2. The van der Waals surface area contributed by atoms with Gasteiger partial charge in [-0.05, 0) is 28.1 Å². The molecule has 1 aliphatic rings. The first-order chi connectivity index (χ1) is 9.91. The number of piperazine rings is 1. The Balaban J connectivity index is 2.04. The highest BCUT2D eigenvalue weighted by molar-refractivity contribution is 9.10. The summed E-state index contributed by atoms with van der Waals surface area (Å²) in [6, 6.07) is 4.68. The molecule has 0 radical (unpaired) electrons. The molecule has 0 spiro atoms. The minimum absolute atomic E-state index is 0.0465. The summed E-state index contributed by atoms with van der Waals surface area (Å²) in [5.74, 6) is -0.820. The van der Waals surface area contributed by atoms with Gasteiger partial charge in [0, 0.05) is 32.1 Å². The van der Waals surface area contributed by atoms with Crippen LogP contribution in [0.3, 0.4) is 0 Å². The summed E-state index contributed by atoms with van der Waals surface area (Å²) in [5, 5.41) is 0.